The number of nitrogens with one attached hydrogen (secondary N) is 1. The fourth-order valence-electron chi connectivity index (χ4n) is 1.61. The number of carbonyl (C=O) groups excluding carboxylic acids is 1. The number of hydrogen-bond acceptors (Lipinski definition) is 2. The normalized spacial score (nSPS) is 10.2. The summed E-state index contributed by atoms with van der Waals surface area (Å²) < 4.78 is 5.38. The van der Waals surface area contributed by atoms with Crippen LogP contribution in [0.15, 0.2) is 40.8 Å². The lowest BCUT2D eigenvalue weighted by molar-refractivity contribution is 0.0995. The Balaban J connectivity index is 2.11. The highest BCUT2D eigenvalue weighted by atomic mass is 16.3. The molecule has 0 fully saturated rings. The van der Waals surface area contributed by atoms with E-state index < -0.39 is 0 Å². The van der Waals surface area contributed by atoms with Gasteiger partial charge in [0.25, 0.3) is 5.91 Å². The van der Waals surface area contributed by atoms with Gasteiger partial charge in [-0.05, 0) is 36.8 Å². The Kier molecular flexibility index (Phi) is 3.28. The van der Waals surface area contributed by atoms with Gasteiger partial charge in [-0.3, -0.25) is 4.79 Å². The number of rotatable bonds is 3. The van der Waals surface area contributed by atoms with Crippen molar-refractivity contribution in [2.75, 3.05) is 5.32 Å². The molecule has 0 unspecified atom stereocenters. The van der Waals surface area contributed by atoms with Crippen LogP contribution in [0, 0.1) is 6.92 Å². The lowest BCUT2D eigenvalue weighted by Gasteiger charge is -2.03. The topological polar surface area (TPSA) is 42.2 Å². The maximum atomic E-state index is 11.8. The second kappa shape index (κ2) is 4.87. The van der Waals surface area contributed by atoms with E-state index in [1.54, 1.807) is 6.07 Å². The number of benzene rings is 1. The van der Waals surface area contributed by atoms with E-state index >= 15 is 0 Å². The van der Waals surface area contributed by atoms with E-state index in [4.69, 9.17) is 4.42 Å². The predicted molar refractivity (Wildman–Crippen MR) is 67.2 cm³/mol. The van der Waals surface area contributed by atoms with E-state index in [0.717, 1.165) is 23.4 Å². The first-order chi connectivity index (χ1) is 8.19. The molecule has 1 N–H and O–H groups in total. The Morgan fingerprint density at radius 3 is 2.76 bits per heavy atom. The predicted octanol–water partition coefficient (Wildman–Crippen LogP) is 3.40. The first kappa shape index (κ1) is 11.5. The van der Waals surface area contributed by atoms with Gasteiger partial charge in [0.2, 0.25) is 0 Å². The Labute approximate surface area is 100 Å². The zero-order valence-electron chi connectivity index (χ0n) is 9.99. The van der Waals surface area contributed by atoms with Gasteiger partial charge in [-0.2, -0.15) is 0 Å². The first-order valence-electron chi connectivity index (χ1n) is 5.66. The molecule has 0 saturated carbocycles. The lowest BCUT2D eigenvalue weighted by atomic mass is 10.2. The molecule has 2 rings (SSSR count). The molecule has 0 atom stereocenters. The molecule has 88 valence electrons. The highest BCUT2D eigenvalue weighted by molar-refractivity contribution is 6.02. The van der Waals surface area contributed by atoms with Crippen LogP contribution < -0.4 is 5.32 Å². The van der Waals surface area contributed by atoms with Crippen molar-refractivity contribution in [2.45, 2.75) is 20.3 Å². The molecule has 0 aliphatic heterocycles. The maximum absolute atomic E-state index is 11.8. The van der Waals surface area contributed by atoms with Gasteiger partial charge in [-0.15, -0.1) is 0 Å². The molecule has 0 bridgehead atoms. The number of aryl methyl sites for hydroxylation is 2. The highest BCUT2D eigenvalue weighted by Gasteiger charge is 2.10. The number of anilines is 1. The van der Waals surface area contributed by atoms with E-state index in [2.05, 4.69) is 5.32 Å². The molecule has 17 heavy (non-hydrogen) atoms. The molecule has 1 heterocycles. The van der Waals surface area contributed by atoms with Gasteiger partial charge in [-0.25, -0.2) is 0 Å². The van der Waals surface area contributed by atoms with Gasteiger partial charge < -0.3 is 9.73 Å². The second-order valence-electron chi connectivity index (χ2n) is 3.94. The van der Waals surface area contributed by atoms with Crippen molar-refractivity contribution in [1.82, 2.24) is 0 Å². The maximum Gasteiger partial charge on any atom is 0.291 e. The Bertz CT molecular complexity index is 529. The van der Waals surface area contributed by atoms with Crippen LogP contribution in [-0.4, -0.2) is 5.91 Å². The standard InChI is InChI=1S/C14H15NO2/c1-3-12-7-8-13(17-12)14(16)15-11-6-4-5-10(2)9-11/h4-9H,3H2,1-2H3,(H,15,16). The van der Waals surface area contributed by atoms with Gasteiger partial charge >= 0.3 is 0 Å². The monoisotopic (exact) mass is 229 g/mol. The van der Waals surface area contributed by atoms with Gasteiger partial charge in [0, 0.05) is 12.1 Å². The minimum atomic E-state index is -0.213. The summed E-state index contributed by atoms with van der Waals surface area (Å²) in [6.45, 7) is 3.97. The van der Waals surface area contributed by atoms with Crippen molar-refractivity contribution in [3.63, 3.8) is 0 Å². The number of hydrogen-bond donors (Lipinski definition) is 1. The van der Waals surface area contributed by atoms with Crippen molar-refractivity contribution in [3.05, 3.63) is 53.5 Å². The van der Waals surface area contributed by atoms with Gasteiger partial charge in [0.1, 0.15) is 5.76 Å². The van der Waals surface area contributed by atoms with E-state index in [-0.39, 0.29) is 5.91 Å². The minimum Gasteiger partial charge on any atom is -0.456 e. The molecule has 3 heteroatoms. The van der Waals surface area contributed by atoms with E-state index in [0.29, 0.717) is 5.76 Å². The van der Waals surface area contributed by atoms with Crippen molar-refractivity contribution < 1.29 is 9.21 Å². The Morgan fingerprint density at radius 1 is 1.29 bits per heavy atom. The van der Waals surface area contributed by atoms with Crippen LogP contribution in [0.3, 0.4) is 0 Å². The Morgan fingerprint density at radius 2 is 2.12 bits per heavy atom. The highest BCUT2D eigenvalue weighted by Crippen LogP contribution is 2.13. The third-order valence-electron chi connectivity index (χ3n) is 2.51. The SMILES string of the molecule is CCc1ccc(C(=O)Nc2cccc(C)c2)o1. The molecule has 2 aromatic rings. The summed E-state index contributed by atoms with van der Waals surface area (Å²) in [5.41, 5.74) is 1.89. The quantitative estimate of drug-likeness (QED) is 0.876. The minimum absolute atomic E-state index is 0.213. The molecule has 1 amide bonds. The van der Waals surface area contributed by atoms with Crippen LogP contribution in [0.4, 0.5) is 5.69 Å². The zero-order chi connectivity index (χ0) is 12.3. The average molecular weight is 229 g/mol. The second-order valence-corrected chi connectivity index (χ2v) is 3.94. The number of carbonyl (C=O) groups is 1. The molecule has 0 saturated heterocycles. The van der Waals surface area contributed by atoms with Gasteiger partial charge in [0.05, 0.1) is 0 Å². The van der Waals surface area contributed by atoms with Crippen LogP contribution in [0.25, 0.3) is 0 Å². The van der Waals surface area contributed by atoms with Crippen LogP contribution >= 0.6 is 0 Å². The van der Waals surface area contributed by atoms with Crippen LogP contribution in [-0.2, 0) is 6.42 Å². The zero-order valence-corrected chi connectivity index (χ0v) is 9.99. The number of amides is 1. The molecule has 3 nitrogen and oxygen atoms in total. The summed E-state index contributed by atoms with van der Waals surface area (Å²) in [7, 11) is 0. The molecule has 0 spiro atoms. The third kappa shape index (κ3) is 2.75. The third-order valence-corrected chi connectivity index (χ3v) is 2.51. The fourth-order valence-corrected chi connectivity index (χ4v) is 1.61. The lowest BCUT2D eigenvalue weighted by Crippen LogP contribution is -2.10. The van der Waals surface area contributed by atoms with Crippen molar-refractivity contribution in [3.8, 4) is 0 Å². The summed E-state index contributed by atoms with van der Waals surface area (Å²) >= 11 is 0. The van der Waals surface area contributed by atoms with E-state index in [1.165, 1.54) is 0 Å². The fraction of sp³-hybridized carbons (Fsp3) is 0.214. The van der Waals surface area contributed by atoms with Crippen molar-refractivity contribution in [1.29, 1.82) is 0 Å². The molecule has 1 aromatic heterocycles. The van der Waals surface area contributed by atoms with Gasteiger partial charge in [0.15, 0.2) is 5.76 Å². The number of furan rings is 1. The largest absolute Gasteiger partial charge is 0.456 e. The van der Waals surface area contributed by atoms with E-state index in [9.17, 15) is 4.79 Å². The van der Waals surface area contributed by atoms with Crippen LogP contribution in [0.5, 0.6) is 0 Å². The van der Waals surface area contributed by atoms with Crippen LogP contribution in [0.2, 0.25) is 0 Å². The molecule has 1 aromatic carbocycles. The molecular weight excluding hydrogens is 214 g/mol. The summed E-state index contributed by atoms with van der Waals surface area (Å²) in [6, 6.07) is 11.2. The van der Waals surface area contributed by atoms with Crippen molar-refractivity contribution >= 4 is 11.6 Å². The summed E-state index contributed by atoms with van der Waals surface area (Å²) in [6.07, 6.45) is 0.789. The Hall–Kier alpha value is -2.03. The van der Waals surface area contributed by atoms with Crippen molar-refractivity contribution in [2.24, 2.45) is 0 Å². The average Bonchev–Trinajstić information content (AvgIpc) is 2.77. The molecule has 0 radical (unpaired) electrons. The molecular formula is C14H15NO2. The van der Waals surface area contributed by atoms with E-state index in [1.807, 2.05) is 44.2 Å². The smallest absolute Gasteiger partial charge is 0.291 e. The van der Waals surface area contributed by atoms with Gasteiger partial charge in [-0.1, -0.05) is 19.1 Å². The molecule has 0 aliphatic rings. The van der Waals surface area contributed by atoms with Crippen LogP contribution in [0.1, 0.15) is 28.8 Å². The summed E-state index contributed by atoms with van der Waals surface area (Å²) in [4.78, 5) is 11.8. The first-order valence-corrected chi connectivity index (χ1v) is 5.66. The summed E-state index contributed by atoms with van der Waals surface area (Å²) in [5, 5.41) is 2.80. The molecule has 0 aliphatic carbocycles. The summed E-state index contributed by atoms with van der Waals surface area (Å²) in [5.74, 6) is 0.957.